The third-order valence-corrected chi connectivity index (χ3v) is 6.12. The van der Waals surface area contributed by atoms with Crippen LogP contribution in [-0.4, -0.2) is 29.4 Å². The van der Waals surface area contributed by atoms with Gasteiger partial charge in [0.25, 0.3) is 11.1 Å². The molecule has 1 heterocycles. The Morgan fingerprint density at radius 3 is 2.62 bits per heavy atom. The summed E-state index contributed by atoms with van der Waals surface area (Å²) in [5, 5.41) is 11.3. The molecule has 10 heteroatoms. The highest BCUT2D eigenvalue weighted by Crippen LogP contribution is 2.19. The first-order valence-electron chi connectivity index (χ1n) is 7.46. The minimum atomic E-state index is -3.60. The fourth-order valence-electron chi connectivity index (χ4n) is 1.94. The van der Waals surface area contributed by atoms with Gasteiger partial charge in [-0.3, -0.25) is 10.1 Å². The van der Waals surface area contributed by atoms with Crippen molar-refractivity contribution in [3.8, 4) is 6.07 Å². The fourth-order valence-corrected chi connectivity index (χ4v) is 4.56. The van der Waals surface area contributed by atoms with Crippen LogP contribution in [0.1, 0.15) is 19.4 Å². The average Bonchev–Trinajstić information content (AvgIpc) is 3.02. The lowest BCUT2D eigenvalue weighted by Crippen LogP contribution is -2.15. The van der Waals surface area contributed by atoms with Crippen LogP contribution in [0.3, 0.4) is 0 Å². The molecule has 0 aliphatic carbocycles. The van der Waals surface area contributed by atoms with E-state index in [4.69, 9.17) is 0 Å². The van der Waals surface area contributed by atoms with Crippen molar-refractivity contribution in [1.82, 2.24) is 9.36 Å². The monoisotopic (exact) mass is 454 g/mol. The van der Waals surface area contributed by atoms with Crippen LogP contribution in [0, 0.1) is 17.2 Å². The van der Waals surface area contributed by atoms with Crippen LogP contribution in [-0.2, 0) is 14.6 Å². The van der Waals surface area contributed by atoms with Crippen molar-refractivity contribution in [3.63, 3.8) is 0 Å². The van der Waals surface area contributed by atoms with Gasteiger partial charge in [-0.25, -0.2) is 8.42 Å². The number of benzene rings is 1. The van der Waals surface area contributed by atoms with Gasteiger partial charge < -0.3 is 0 Å². The summed E-state index contributed by atoms with van der Waals surface area (Å²) in [6, 6.07) is 8.89. The number of anilines is 1. The summed E-state index contributed by atoms with van der Waals surface area (Å²) in [5.74, 6) is -0.829. The minimum absolute atomic E-state index is 0.0225. The molecular weight excluding hydrogens is 440 g/mol. The first-order valence-corrected chi connectivity index (χ1v) is 10.7. The molecule has 0 saturated carbocycles. The Hall–Kier alpha value is -2.09. The Kier molecular flexibility index (Phi) is 6.63. The molecule has 2 rings (SSSR count). The van der Waals surface area contributed by atoms with Crippen LogP contribution in [0.15, 0.2) is 39.5 Å². The summed E-state index contributed by atoms with van der Waals surface area (Å²) in [5.41, 5.74) is 0.548. The second-order valence-corrected chi connectivity index (χ2v) is 9.33. The Morgan fingerprint density at radius 1 is 1.38 bits per heavy atom. The summed E-state index contributed by atoms with van der Waals surface area (Å²) < 4.78 is 28.9. The van der Waals surface area contributed by atoms with Gasteiger partial charge in [0.05, 0.1) is 5.75 Å². The fraction of sp³-hybridized carbons (Fsp3) is 0.250. The quantitative estimate of drug-likeness (QED) is 0.529. The zero-order chi connectivity index (χ0) is 19.3. The smallest absolute Gasteiger partial charge is 0.268 e. The minimum Gasteiger partial charge on any atom is -0.296 e. The molecule has 0 fully saturated rings. The molecule has 26 heavy (non-hydrogen) atoms. The first kappa shape index (κ1) is 20.2. The van der Waals surface area contributed by atoms with Crippen molar-refractivity contribution in [2.75, 3.05) is 11.1 Å². The van der Waals surface area contributed by atoms with Crippen LogP contribution in [0.4, 0.5) is 5.13 Å². The molecule has 2 aromatic rings. The van der Waals surface area contributed by atoms with Crippen LogP contribution in [0.25, 0.3) is 6.08 Å². The van der Waals surface area contributed by atoms with E-state index in [-0.39, 0.29) is 27.5 Å². The molecule has 1 N–H and O–H groups in total. The molecule has 7 nitrogen and oxygen atoms in total. The second kappa shape index (κ2) is 8.53. The van der Waals surface area contributed by atoms with Gasteiger partial charge >= 0.3 is 0 Å². The molecule has 136 valence electrons. The van der Waals surface area contributed by atoms with E-state index in [0.717, 1.165) is 16.0 Å². The van der Waals surface area contributed by atoms with Gasteiger partial charge in [-0.2, -0.15) is 14.6 Å². The van der Waals surface area contributed by atoms with E-state index < -0.39 is 15.7 Å². The van der Waals surface area contributed by atoms with Gasteiger partial charge in [0.2, 0.25) is 15.0 Å². The van der Waals surface area contributed by atoms with Gasteiger partial charge in [-0.05, 0) is 29.7 Å². The highest BCUT2D eigenvalue weighted by atomic mass is 79.9. The summed E-state index contributed by atoms with van der Waals surface area (Å²) in [6.45, 7) is 3.55. The number of carbonyl (C=O) groups is 1. The zero-order valence-electron chi connectivity index (χ0n) is 13.9. The molecule has 1 aromatic carbocycles. The lowest BCUT2D eigenvalue weighted by atomic mass is 10.1. The van der Waals surface area contributed by atoms with Crippen LogP contribution in [0.5, 0.6) is 0 Å². The van der Waals surface area contributed by atoms with Crippen LogP contribution >= 0.6 is 27.5 Å². The summed E-state index contributed by atoms with van der Waals surface area (Å²) >= 11 is 4.06. The Balaban J connectivity index is 2.16. The number of halogens is 1. The largest absolute Gasteiger partial charge is 0.296 e. The Labute approximate surface area is 164 Å². The summed E-state index contributed by atoms with van der Waals surface area (Å²) in [6.07, 6.45) is 1.43. The van der Waals surface area contributed by atoms with Crippen molar-refractivity contribution < 1.29 is 13.2 Å². The number of sulfone groups is 1. The Morgan fingerprint density at radius 2 is 2.04 bits per heavy atom. The number of nitrogens with zero attached hydrogens (tertiary/aromatic N) is 3. The molecule has 0 aliphatic rings. The number of aromatic nitrogens is 2. The van der Waals surface area contributed by atoms with E-state index in [1.807, 2.05) is 6.07 Å². The van der Waals surface area contributed by atoms with Gasteiger partial charge in [0.1, 0.15) is 11.6 Å². The Bertz CT molecular complexity index is 974. The van der Waals surface area contributed by atoms with Gasteiger partial charge in [0, 0.05) is 16.0 Å². The third-order valence-electron chi connectivity index (χ3n) is 3.00. The molecule has 0 radical (unpaired) electrons. The number of carbonyl (C=O) groups excluding carboxylic acids is 1. The van der Waals surface area contributed by atoms with Crippen molar-refractivity contribution in [2.45, 2.75) is 19.0 Å². The molecule has 0 unspecified atom stereocenters. The van der Waals surface area contributed by atoms with Gasteiger partial charge in [-0.1, -0.05) is 41.9 Å². The molecule has 0 atom stereocenters. The van der Waals surface area contributed by atoms with Crippen LogP contribution in [0.2, 0.25) is 0 Å². The van der Waals surface area contributed by atoms with Crippen LogP contribution < -0.4 is 5.32 Å². The number of hydrogen-bond donors (Lipinski definition) is 1. The maximum Gasteiger partial charge on any atom is 0.268 e. The molecule has 1 aromatic heterocycles. The predicted octanol–water partition coefficient (Wildman–Crippen LogP) is 3.28. The lowest BCUT2D eigenvalue weighted by Gasteiger charge is -2.02. The highest BCUT2D eigenvalue weighted by molar-refractivity contribution is 9.10. The standard InChI is InChI=1S/C16H15BrN4O3S2/c1-10(2)9-26(23,24)16-20-15(25-21-16)19-14(22)12(8-18)7-11-3-5-13(17)6-4-11/h3-7,10H,9H2,1-2H3,(H,19,20,21,22)/b12-7-. The molecular formula is C16H15BrN4O3S2. The van der Waals surface area contributed by atoms with Crippen molar-refractivity contribution >= 4 is 54.4 Å². The van der Waals surface area contributed by atoms with Crippen molar-refractivity contribution in [2.24, 2.45) is 5.92 Å². The second-order valence-electron chi connectivity index (χ2n) is 5.73. The highest BCUT2D eigenvalue weighted by Gasteiger charge is 2.23. The van der Waals surface area contributed by atoms with Gasteiger partial charge in [0.15, 0.2) is 0 Å². The lowest BCUT2D eigenvalue weighted by molar-refractivity contribution is -0.112. The number of hydrogen-bond acceptors (Lipinski definition) is 7. The summed E-state index contributed by atoms with van der Waals surface area (Å²) in [4.78, 5) is 16.1. The third kappa shape index (κ3) is 5.45. The van der Waals surface area contributed by atoms with E-state index in [0.29, 0.717) is 5.56 Å². The first-order chi connectivity index (χ1) is 12.2. The molecule has 0 saturated heterocycles. The SMILES string of the molecule is CC(C)CS(=O)(=O)c1nsc(NC(=O)/C(C#N)=C\c2ccc(Br)cc2)n1. The van der Waals surface area contributed by atoms with E-state index in [1.54, 1.807) is 38.1 Å². The topological polar surface area (TPSA) is 113 Å². The maximum atomic E-state index is 12.2. The molecule has 0 spiro atoms. The number of amides is 1. The normalized spacial score (nSPS) is 12.0. The number of nitrogens with one attached hydrogen (secondary N) is 1. The molecule has 1 amide bonds. The van der Waals surface area contributed by atoms with Gasteiger partial charge in [-0.15, -0.1) is 0 Å². The molecule has 0 bridgehead atoms. The van der Waals surface area contributed by atoms with E-state index in [1.165, 1.54) is 6.08 Å². The zero-order valence-corrected chi connectivity index (χ0v) is 17.2. The molecule has 0 aliphatic heterocycles. The summed E-state index contributed by atoms with van der Waals surface area (Å²) in [7, 11) is -3.60. The maximum absolute atomic E-state index is 12.2. The van der Waals surface area contributed by atoms with Crippen molar-refractivity contribution in [3.05, 3.63) is 39.9 Å². The van der Waals surface area contributed by atoms with E-state index in [2.05, 4.69) is 30.6 Å². The average molecular weight is 455 g/mol. The number of rotatable bonds is 6. The van der Waals surface area contributed by atoms with E-state index >= 15 is 0 Å². The number of nitriles is 1. The predicted molar refractivity (Wildman–Crippen MR) is 103 cm³/mol. The van der Waals surface area contributed by atoms with Crippen molar-refractivity contribution in [1.29, 1.82) is 5.26 Å². The van der Waals surface area contributed by atoms with E-state index in [9.17, 15) is 18.5 Å².